The summed E-state index contributed by atoms with van der Waals surface area (Å²) in [6.45, 7) is 14.1. The van der Waals surface area contributed by atoms with Gasteiger partial charge in [0.1, 0.15) is 6.04 Å². The molecule has 0 radical (unpaired) electrons. The van der Waals surface area contributed by atoms with Crippen molar-refractivity contribution in [3.8, 4) is 0 Å². The van der Waals surface area contributed by atoms with Gasteiger partial charge in [0.2, 0.25) is 5.91 Å². The molecule has 2 saturated carbocycles. The van der Waals surface area contributed by atoms with Crippen LogP contribution in [0.1, 0.15) is 61.6 Å². The van der Waals surface area contributed by atoms with Gasteiger partial charge in [0.05, 0.1) is 18.8 Å². The number of hydrogen-bond donors (Lipinski definition) is 2. The largest absolute Gasteiger partial charge is 0.379 e. The van der Waals surface area contributed by atoms with Crippen LogP contribution in [0.4, 0.5) is 0 Å². The summed E-state index contributed by atoms with van der Waals surface area (Å²) in [7, 11) is 0. The average molecular weight is 521 g/mol. The van der Waals surface area contributed by atoms with Gasteiger partial charge < -0.3 is 19.9 Å². The lowest BCUT2D eigenvalue weighted by Crippen LogP contribution is -2.57. The van der Waals surface area contributed by atoms with Crippen molar-refractivity contribution in [3.05, 3.63) is 59.4 Å². The highest BCUT2D eigenvalue weighted by Gasteiger charge is 2.59. The van der Waals surface area contributed by atoms with Gasteiger partial charge in [-0.2, -0.15) is 0 Å². The Bertz CT molecular complexity index is 1130. The predicted molar refractivity (Wildman–Crippen MR) is 149 cm³/mol. The highest BCUT2D eigenvalue weighted by atomic mass is 16.5. The van der Waals surface area contributed by atoms with E-state index >= 15 is 0 Å². The van der Waals surface area contributed by atoms with E-state index < -0.39 is 6.04 Å². The van der Waals surface area contributed by atoms with Gasteiger partial charge in [-0.05, 0) is 54.6 Å². The Morgan fingerprint density at radius 3 is 2.50 bits per heavy atom. The number of amides is 2. The van der Waals surface area contributed by atoms with Crippen LogP contribution in [0.15, 0.2) is 42.6 Å². The van der Waals surface area contributed by atoms with Gasteiger partial charge >= 0.3 is 0 Å². The Labute approximate surface area is 227 Å². The molecule has 2 heterocycles. The fourth-order valence-electron chi connectivity index (χ4n) is 7.31. The van der Waals surface area contributed by atoms with Gasteiger partial charge in [0.15, 0.2) is 0 Å². The summed E-state index contributed by atoms with van der Waals surface area (Å²) in [6.07, 6.45) is 6.00. The van der Waals surface area contributed by atoms with E-state index in [9.17, 15) is 9.59 Å². The number of benzene rings is 1. The minimum Gasteiger partial charge on any atom is -0.379 e. The van der Waals surface area contributed by atoms with Crippen LogP contribution in [-0.4, -0.2) is 66.2 Å². The zero-order valence-electron chi connectivity index (χ0n) is 23.5. The van der Waals surface area contributed by atoms with Crippen LogP contribution >= 0.6 is 0 Å². The molecular weight excluding hydrogens is 476 g/mol. The highest BCUT2D eigenvalue weighted by molar-refractivity contribution is 5.98. The molecule has 7 heteroatoms. The zero-order chi connectivity index (χ0) is 26.9. The predicted octanol–water partition coefficient (Wildman–Crippen LogP) is 3.80. The molecular formula is C31H44N4O3. The maximum absolute atomic E-state index is 13.8. The smallest absolute Gasteiger partial charge is 0.253 e. The van der Waals surface area contributed by atoms with Gasteiger partial charge in [-0.25, -0.2) is 0 Å². The third-order valence-corrected chi connectivity index (χ3v) is 9.71. The molecule has 2 amide bonds. The lowest BCUT2D eigenvalue weighted by atomic mass is 9.68. The van der Waals surface area contributed by atoms with E-state index in [4.69, 9.17) is 4.74 Å². The summed E-state index contributed by atoms with van der Waals surface area (Å²) >= 11 is 0. The zero-order valence-corrected chi connectivity index (χ0v) is 23.5. The first-order chi connectivity index (χ1) is 18.2. The molecule has 4 atom stereocenters. The Hall–Kier alpha value is -2.64. The molecule has 2 aromatic rings. The Morgan fingerprint density at radius 1 is 1.08 bits per heavy atom. The van der Waals surface area contributed by atoms with Crippen molar-refractivity contribution in [3.63, 3.8) is 0 Å². The van der Waals surface area contributed by atoms with E-state index in [1.807, 2.05) is 49.5 Å². The number of nitrogens with one attached hydrogen (secondary N) is 2. The van der Waals surface area contributed by atoms with E-state index in [-0.39, 0.29) is 28.7 Å². The number of carbonyl (C=O) groups excluding carboxylic acids is 2. The van der Waals surface area contributed by atoms with Crippen molar-refractivity contribution in [1.29, 1.82) is 0 Å². The quantitative estimate of drug-likeness (QED) is 0.528. The van der Waals surface area contributed by atoms with E-state index in [0.717, 1.165) is 63.5 Å². The number of fused-ring (bicyclic) bond motifs is 2. The van der Waals surface area contributed by atoms with Gasteiger partial charge in [0.25, 0.3) is 5.91 Å². The SMILES string of the molecule is Cc1c(C(=O)NC(Cc2ccccc2)C(=O)NC2C3(C)CCC(C3)C2(C)C)ccn1CCN1CCOCC1. The van der Waals surface area contributed by atoms with Crippen LogP contribution in [0.5, 0.6) is 0 Å². The second-order valence-corrected chi connectivity index (χ2v) is 12.5. The third-order valence-electron chi connectivity index (χ3n) is 9.71. The molecule has 3 aliphatic rings. The monoisotopic (exact) mass is 520 g/mol. The highest BCUT2D eigenvalue weighted by Crippen LogP contribution is 2.62. The summed E-state index contributed by atoms with van der Waals surface area (Å²) in [5, 5.41) is 6.53. The van der Waals surface area contributed by atoms with Crippen molar-refractivity contribution in [2.24, 2.45) is 16.7 Å². The Kier molecular flexibility index (Phi) is 7.70. The first-order valence-corrected chi connectivity index (χ1v) is 14.3. The first kappa shape index (κ1) is 26.9. The molecule has 3 fully saturated rings. The number of rotatable bonds is 9. The Balaban J connectivity index is 1.29. The second-order valence-electron chi connectivity index (χ2n) is 12.5. The van der Waals surface area contributed by atoms with Crippen molar-refractivity contribution in [1.82, 2.24) is 20.1 Å². The van der Waals surface area contributed by atoms with Crippen LogP contribution in [0.2, 0.25) is 0 Å². The molecule has 1 aromatic carbocycles. The molecule has 206 valence electrons. The van der Waals surface area contributed by atoms with E-state index in [2.05, 4.69) is 40.9 Å². The second kappa shape index (κ2) is 10.9. The van der Waals surface area contributed by atoms with Crippen molar-refractivity contribution in [2.45, 2.75) is 72.0 Å². The molecule has 1 saturated heterocycles. The first-order valence-electron chi connectivity index (χ1n) is 14.3. The number of aromatic nitrogens is 1. The maximum atomic E-state index is 13.8. The van der Waals surface area contributed by atoms with Gasteiger partial charge in [-0.3, -0.25) is 14.5 Å². The molecule has 2 bridgehead atoms. The van der Waals surface area contributed by atoms with Gasteiger partial charge in [-0.15, -0.1) is 0 Å². The summed E-state index contributed by atoms with van der Waals surface area (Å²) in [4.78, 5) is 29.7. The van der Waals surface area contributed by atoms with Crippen molar-refractivity contribution in [2.75, 3.05) is 32.8 Å². The summed E-state index contributed by atoms with van der Waals surface area (Å²) in [5.74, 6) is 0.361. The number of carbonyl (C=O) groups is 2. The summed E-state index contributed by atoms with van der Waals surface area (Å²) < 4.78 is 7.58. The molecule has 0 spiro atoms. The van der Waals surface area contributed by atoms with Crippen LogP contribution in [0, 0.1) is 23.7 Å². The molecule has 7 nitrogen and oxygen atoms in total. The molecule has 2 aliphatic carbocycles. The lowest BCUT2D eigenvalue weighted by molar-refractivity contribution is -0.125. The third kappa shape index (κ3) is 5.41. The van der Waals surface area contributed by atoms with Crippen LogP contribution < -0.4 is 10.6 Å². The minimum absolute atomic E-state index is 0.0538. The number of ether oxygens (including phenoxy) is 1. The Morgan fingerprint density at radius 2 is 1.82 bits per heavy atom. The molecule has 2 N–H and O–H groups in total. The number of hydrogen-bond acceptors (Lipinski definition) is 4. The fraction of sp³-hybridized carbons (Fsp3) is 0.613. The number of nitrogens with zero attached hydrogens (tertiary/aromatic N) is 2. The lowest BCUT2D eigenvalue weighted by Gasteiger charge is -2.43. The maximum Gasteiger partial charge on any atom is 0.253 e. The molecule has 1 aliphatic heterocycles. The molecule has 1 aromatic heterocycles. The normalized spacial score (nSPS) is 27.3. The van der Waals surface area contributed by atoms with E-state index in [0.29, 0.717) is 17.9 Å². The van der Waals surface area contributed by atoms with Gasteiger partial charge in [0, 0.05) is 50.5 Å². The molecule has 38 heavy (non-hydrogen) atoms. The van der Waals surface area contributed by atoms with Crippen LogP contribution in [0.3, 0.4) is 0 Å². The van der Waals surface area contributed by atoms with E-state index in [1.165, 1.54) is 6.42 Å². The van der Waals surface area contributed by atoms with Crippen molar-refractivity contribution >= 4 is 11.8 Å². The standard InChI is InChI=1S/C31H44N4O3/c1-22-25(11-13-35(22)15-14-34-16-18-38-19-17-34)27(36)32-26(20-23-8-6-5-7-9-23)28(37)33-29-30(2,3)24-10-12-31(29,4)21-24/h5-9,11,13,24,26,29H,10,12,14-21H2,1-4H3,(H,32,36)(H,33,37). The summed E-state index contributed by atoms with van der Waals surface area (Å²) in [5.41, 5.74) is 2.77. The van der Waals surface area contributed by atoms with Crippen LogP contribution in [-0.2, 0) is 22.5 Å². The van der Waals surface area contributed by atoms with Crippen molar-refractivity contribution < 1.29 is 14.3 Å². The topological polar surface area (TPSA) is 75.6 Å². The number of morpholine rings is 1. The minimum atomic E-state index is -0.639. The summed E-state index contributed by atoms with van der Waals surface area (Å²) in [6, 6.07) is 11.3. The van der Waals surface area contributed by atoms with Crippen LogP contribution in [0.25, 0.3) is 0 Å². The molecule has 5 rings (SSSR count). The average Bonchev–Trinajstić information content (AvgIpc) is 3.54. The van der Waals surface area contributed by atoms with Gasteiger partial charge in [-0.1, -0.05) is 51.1 Å². The van der Waals surface area contributed by atoms with E-state index in [1.54, 1.807) is 0 Å². The fourth-order valence-corrected chi connectivity index (χ4v) is 7.31. The molecule has 4 unspecified atom stereocenters.